The van der Waals surface area contributed by atoms with Crippen LogP contribution in [-0.4, -0.2) is 81.1 Å². The molecule has 0 bridgehead atoms. The van der Waals surface area contributed by atoms with E-state index < -0.39 is 0 Å². The van der Waals surface area contributed by atoms with Crippen LogP contribution in [0.1, 0.15) is 46.0 Å². The van der Waals surface area contributed by atoms with Crippen molar-refractivity contribution in [2.45, 2.75) is 46.0 Å². The molecule has 9 heteroatoms. The number of benzene rings is 1. The fourth-order valence-corrected chi connectivity index (χ4v) is 3.88. The molecule has 0 N–H and O–H groups in total. The molecule has 0 spiro atoms. The minimum atomic E-state index is 0.118. The first kappa shape index (κ1) is 22.7. The van der Waals surface area contributed by atoms with Gasteiger partial charge in [-0.2, -0.15) is 4.68 Å². The number of hydrogen-bond donors (Lipinski definition) is 0. The zero-order valence-electron chi connectivity index (χ0n) is 18.6. The van der Waals surface area contributed by atoms with Crippen LogP contribution >= 0.6 is 0 Å². The molecular weight excluding hydrogens is 394 g/mol. The van der Waals surface area contributed by atoms with Crippen molar-refractivity contribution in [3.05, 3.63) is 30.3 Å². The molecule has 2 aromatic rings. The minimum Gasteiger partial charge on any atom is -0.343 e. The van der Waals surface area contributed by atoms with Gasteiger partial charge >= 0.3 is 0 Å². The Morgan fingerprint density at radius 1 is 0.968 bits per heavy atom. The Hall–Kier alpha value is -2.97. The number of aromatic nitrogens is 4. The van der Waals surface area contributed by atoms with Crippen molar-refractivity contribution in [3.8, 4) is 5.69 Å². The summed E-state index contributed by atoms with van der Waals surface area (Å²) in [6.07, 6.45) is 3.39. The Balaban J connectivity index is 1.45. The maximum atomic E-state index is 12.6. The fraction of sp³-hybridized carbons (Fsp3) is 0.591. The van der Waals surface area contributed by atoms with Crippen molar-refractivity contribution in [2.75, 3.05) is 44.2 Å². The predicted molar refractivity (Wildman–Crippen MR) is 119 cm³/mol. The first-order valence-electron chi connectivity index (χ1n) is 11.3. The van der Waals surface area contributed by atoms with E-state index >= 15 is 0 Å². The van der Waals surface area contributed by atoms with E-state index in [0.29, 0.717) is 51.4 Å². The molecule has 2 amide bonds. The number of amides is 2. The van der Waals surface area contributed by atoms with Gasteiger partial charge in [0, 0.05) is 52.1 Å². The zero-order chi connectivity index (χ0) is 22.1. The Labute approximate surface area is 184 Å². The molecule has 1 aromatic carbocycles. The van der Waals surface area contributed by atoms with Crippen LogP contribution in [0.3, 0.4) is 0 Å². The molecule has 0 radical (unpaired) electrons. The average molecular weight is 428 g/mol. The van der Waals surface area contributed by atoms with Crippen LogP contribution in [0.15, 0.2) is 30.3 Å². The molecule has 168 valence electrons. The lowest BCUT2D eigenvalue weighted by atomic mass is 10.2. The van der Waals surface area contributed by atoms with Crippen LogP contribution in [0.25, 0.3) is 5.69 Å². The number of rotatable bonds is 10. The topological polar surface area (TPSA) is 87.5 Å². The van der Waals surface area contributed by atoms with Gasteiger partial charge in [-0.1, -0.05) is 37.1 Å². The van der Waals surface area contributed by atoms with Gasteiger partial charge in [0.05, 0.1) is 5.69 Å². The summed E-state index contributed by atoms with van der Waals surface area (Å²) >= 11 is 0. The summed E-state index contributed by atoms with van der Waals surface area (Å²) in [5, 5.41) is 12.1. The van der Waals surface area contributed by atoms with Gasteiger partial charge < -0.3 is 14.7 Å². The third kappa shape index (κ3) is 6.02. The Bertz CT molecular complexity index is 825. The van der Waals surface area contributed by atoms with Crippen molar-refractivity contribution in [1.82, 2.24) is 30.0 Å². The second-order valence-electron chi connectivity index (χ2n) is 7.83. The summed E-state index contributed by atoms with van der Waals surface area (Å²) in [5.41, 5.74) is 0.908. The second-order valence-corrected chi connectivity index (χ2v) is 7.83. The van der Waals surface area contributed by atoms with Crippen LogP contribution in [-0.2, 0) is 9.59 Å². The zero-order valence-corrected chi connectivity index (χ0v) is 18.6. The number of nitrogens with zero attached hydrogens (tertiary/aromatic N) is 7. The normalized spacial score (nSPS) is 14.0. The SMILES string of the molecule is CCCN(CCC)C(=O)CCCC(=O)N1CCN(c2nnnn2-c2ccccc2)CC1. The summed E-state index contributed by atoms with van der Waals surface area (Å²) in [5.74, 6) is 0.970. The van der Waals surface area contributed by atoms with Crippen molar-refractivity contribution in [2.24, 2.45) is 0 Å². The number of tetrazole rings is 1. The van der Waals surface area contributed by atoms with Crippen LogP contribution in [0, 0.1) is 0 Å². The largest absolute Gasteiger partial charge is 0.343 e. The van der Waals surface area contributed by atoms with Crippen LogP contribution in [0.2, 0.25) is 0 Å². The third-order valence-electron chi connectivity index (χ3n) is 5.49. The van der Waals surface area contributed by atoms with E-state index in [1.807, 2.05) is 40.1 Å². The third-order valence-corrected chi connectivity index (χ3v) is 5.49. The maximum absolute atomic E-state index is 12.6. The lowest BCUT2D eigenvalue weighted by Gasteiger charge is -2.35. The van der Waals surface area contributed by atoms with E-state index in [4.69, 9.17) is 0 Å². The van der Waals surface area contributed by atoms with Crippen LogP contribution < -0.4 is 4.90 Å². The lowest BCUT2D eigenvalue weighted by Crippen LogP contribution is -2.49. The lowest BCUT2D eigenvalue weighted by molar-refractivity contribution is -0.133. The van der Waals surface area contributed by atoms with Crippen molar-refractivity contribution >= 4 is 17.8 Å². The van der Waals surface area contributed by atoms with Gasteiger partial charge in [0.2, 0.25) is 17.8 Å². The molecule has 0 aliphatic carbocycles. The molecule has 0 atom stereocenters. The standard InChI is InChI=1S/C22H33N7O2/c1-3-13-26(14-4-2)20(30)11-8-12-21(31)27-15-17-28(18-16-27)22-23-24-25-29(22)19-9-6-5-7-10-19/h5-7,9-10H,3-4,8,11-18H2,1-2H3. The van der Waals surface area contributed by atoms with Gasteiger partial charge in [0.1, 0.15) is 0 Å². The van der Waals surface area contributed by atoms with E-state index in [9.17, 15) is 9.59 Å². The number of carbonyl (C=O) groups is 2. The van der Waals surface area contributed by atoms with Crippen molar-refractivity contribution < 1.29 is 9.59 Å². The molecule has 1 fully saturated rings. The number of carbonyl (C=O) groups excluding carboxylic acids is 2. The fourth-order valence-electron chi connectivity index (χ4n) is 3.88. The van der Waals surface area contributed by atoms with E-state index in [1.165, 1.54) is 0 Å². The van der Waals surface area contributed by atoms with Gasteiger partial charge in [-0.25, -0.2) is 0 Å². The summed E-state index contributed by atoms with van der Waals surface area (Å²) in [7, 11) is 0. The minimum absolute atomic E-state index is 0.118. The molecule has 2 heterocycles. The van der Waals surface area contributed by atoms with E-state index in [0.717, 1.165) is 31.6 Å². The number of piperazine rings is 1. The highest BCUT2D eigenvalue weighted by atomic mass is 16.2. The average Bonchev–Trinajstić information content (AvgIpc) is 3.29. The number of hydrogen-bond acceptors (Lipinski definition) is 6. The van der Waals surface area contributed by atoms with Crippen LogP contribution in [0.4, 0.5) is 5.95 Å². The first-order valence-corrected chi connectivity index (χ1v) is 11.3. The monoisotopic (exact) mass is 427 g/mol. The van der Waals surface area contributed by atoms with Gasteiger partial charge in [-0.3, -0.25) is 9.59 Å². The first-order chi connectivity index (χ1) is 15.1. The van der Waals surface area contributed by atoms with Crippen molar-refractivity contribution in [1.29, 1.82) is 0 Å². The molecule has 0 unspecified atom stereocenters. The van der Waals surface area contributed by atoms with Crippen molar-refractivity contribution in [3.63, 3.8) is 0 Å². The Kier molecular flexibility index (Phi) is 8.37. The maximum Gasteiger partial charge on any atom is 0.250 e. The molecular formula is C22H33N7O2. The number of para-hydroxylation sites is 1. The van der Waals surface area contributed by atoms with E-state index in [1.54, 1.807) is 4.68 Å². The number of anilines is 1. The molecule has 1 aliphatic heterocycles. The van der Waals surface area contributed by atoms with E-state index in [2.05, 4.69) is 34.3 Å². The molecule has 1 saturated heterocycles. The highest BCUT2D eigenvalue weighted by Crippen LogP contribution is 2.17. The van der Waals surface area contributed by atoms with Gasteiger partial charge in [0.25, 0.3) is 0 Å². The van der Waals surface area contributed by atoms with Gasteiger partial charge in [-0.05, 0) is 41.8 Å². The van der Waals surface area contributed by atoms with Gasteiger partial charge in [0.15, 0.2) is 0 Å². The highest BCUT2D eigenvalue weighted by Gasteiger charge is 2.25. The predicted octanol–water partition coefficient (Wildman–Crippen LogP) is 2.13. The van der Waals surface area contributed by atoms with Crippen LogP contribution in [0.5, 0.6) is 0 Å². The molecule has 31 heavy (non-hydrogen) atoms. The molecule has 9 nitrogen and oxygen atoms in total. The Morgan fingerprint density at radius 3 is 2.29 bits per heavy atom. The summed E-state index contributed by atoms with van der Waals surface area (Å²) in [6.45, 7) is 8.38. The van der Waals surface area contributed by atoms with E-state index in [-0.39, 0.29) is 11.8 Å². The summed E-state index contributed by atoms with van der Waals surface area (Å²) < 4.78 is 1.72. The molecule has 1 aromatic heterocycles. The Morgan fingerprint density at radius 2 is 1.65 bits per heavy atom. The molecule has 1 aliphatic rings. The highest BCUT2D eigenvalue weighted by molar-refractivity contribution is 5.79. The quantitative estimate of drug-likeness (QED) is 0.577. The molecule has 3 rings (SSSR count). The smallest absolute Gasteiger partial charge is 0.250 e. The summed E-state index contributed by atoms with van der Waals surface area (Å²) in [6, 6.07) is 9.78. The second kappa shape index (κ2) is 11.4. The molecule has 0 saturated carbocycles. The van der Waals surface area contributed by atoms with Gasteiger partial charge in [-0.15, -0.1) is 0 Å². The summed E-state index contributed by atoms with van der Waals surface area (Å²) in [4.78, 5) is 30.9.